The van der Waals surface area contributed by atoms with Crippen LogP contribution in [-0.4, -0.2) is 70.1 Å². The quantitative estimate of drug-likeness (QED) is 0.264. The van der Waals surface area contributed by atoms with Crippen molar-refractivity contribution in [3.05, 3.63) is 0 Å². The average molecular weight is 195 g/mol. The molecular formula is C7H17NO5. The number of aliphatic hydroxyl groups is 5. The lowest BCUT2D eigenvalue weighted by Gasteiger charge is -2.25. The average Bonchev–Trinajstić information content (AvgIpc) is 2.14. The lowest BCUT2D eigenvalue weighted by Crippen LogP contribution is -2.48. The molecule has 0 radical (unpaired) electrons. The predicted molar refractivity (Wildman–Crippen MR) is 45.0 cm³/mol. The van der Waals surface area contributed by atoms with E-state index in [0.717, 1.165) is 0 Å². The molecule has 0 aliphatic rings. The van der Waals surface area contributed by atoms with Gasteiger partial charge in [0.1, 0.15) is 18.3 Å². The highest BCUT2D eigenvalue weighted by Gasteiger charge is 2.29. The minimum Gasteiger partial charge on any atom is -0.394 e. The second-order valence-electron chi connectivity index (χ2n) is 2.86. The van der Waals surface area contributed by atoms with Crippen LogP contribution in [0.3, 0.4) is 0 Å². The third-order valence-electron chi connectivity index (χ3n) is 1.74. The first-order valence-electron chi connectivity index (χ1n) is 4.02. The maximum absolute atomic E-state index is 9.21. The molecule has 2 unspecified atom stereocenters. The second kappa shape index (κ2) is 6.25. The molecule has 80 valence electrons. The number of rotatable bonds is 6. The van der Waals surface area contributed by atoms with E-state index < -0.39 is 31.0 Å². The van der Waals surface area contributed by atoms with Crippen LogP contribution in [0.2, 0.25) is 0 Å². The summed E-state index contributed by atoms with van der Waals surface area (Å²) in [7, 11) is 1.57. The minimum absolute atomic E-state index is 0.0936. The highest BCUT2D eigenvalue weighted by Crippen LogP contribution is 2.04. The lowest BCUT2D eigenvalue weighted by molar-refractivity contribution is -0.113. The standard InChI is InChI=1S/C7H17NO5/c1-8-2-4(10)6(12)7(13)5(11)3-9/h4-13H,2-3H2,1H3/t4-,5+,6?,7?/m0/s1. The summed E-state index contributed by atoms with van der Waals surface area (Å²) < 4.78 is 0. The summed E-state index contributed by atoms with van der Waals surface area (Å²) in [6.45, 7) is -0.569. The molecule has 0 fully saturated rings. The van der Waals surface area contributed by atoms with Crippen molar-refractivity contribution in [3.63, 3.8) is 0 Å². The van der Waals surface area contributed by atoms with E-state index in [1.54, 1.807) is 7.05 Å². The summed E-state index contributed by atoms with van der Waals surface area (Å²) in [6, 6.07) is 0. The van der Waals surface area contributed by atoms with Crippen molar-refractivity contribution in [2.45, 2.75) is 24.4 Å². The molecule has 0 aromatic rings. The molecule has 0 aromatic heterocycles. The van der Waals surface area contributed by atoms with E-state index in [1.807, 2.05) is 0 Å². The Morgan fingerprint density at radius 1 is 1.00 bits per heavy atom. The van der Waals surface area contributed by atoms with Crippen molar-refractivity contribution in [3.8, 4) is 0 Å². The van der Waals surface area contributed by atoms with Gasteiger partial charge in [0.15, 0.2) is 0 Å². The third kappa shape index (κ3) is 3.99. The topological polar surface area (TPSA) is 113 Å². The van der Waals surface area contributed by atoms with Gasteiger partial charge in [0.05, 0.1) is 12.7 Å². The molecule has 0 aliphatic carbocycles. The molecule has 6 nitrogen and oxygen atoms in total. The predicted octanol–water partition coefficient (Wildman–Crippen LogP) is -3.36. The number of likely N-dealkylation sites (N-methyl/N-ethyl adjacent to an activating group) is 1. The van der Waals surface area contributed by atoms with Gasteiger partial charge in [-0.3, -0.25) is 0 Å². The van der Waals surface area contributed by atoms with Crippen molar-refractivity contribution in [2.24, 2.45) is 0 Å². The highest BCUT2D eigenvalue weighted by atomic mass is 16.4. The van der Waals surface area contributed by atoms with E-state index in [4.69, 9.17) is 20.4 Å². The molecule has 0 saturated carbocycles. The maximum atomic E-state index is 9.21. The zero-order chi connectivity index (χ0) is 10.4. The molecule has 0 spiro atoms. The van der Waals surface area contributed by atoms with E-state index in [2.05, 4.69) is 5.32 Å². The van der Waals surface area contributed by atoms with Gasteiger partial charge in [-0.05, 0) is 7.05 Å². The first-order valence-corrected chi connectivity index (χ1v) is 4.02. The zero-order valence-electron chi connectivity index (χ0n) is 7.46. The molecule has 0 bridgehead atoms. The molecule has 0 rings (SSSR count). The Labute approximate surface area is 76.4 Å². The van der Waals surface area contributed by atoms with Crippen molar-refractivity contribution >= 4 is 0 Å². The largest absolute Gasteiger partial charge is 0.394 e. The van der Waals surface area contributed by atoms with Gasteiger partial charge < -0.3 is 30.8 Å². The summed E-state index contributed by atoms with van der Waals surface area (Å²) in [5.74, 6) is 0. The van der Waals surface area contributed by atoms with E-state index in [0.29, 0.717) is 0 Å². The van der Waals surface area contributed by atoms with Crippen molar-refractivity contribution in [1.82, 2.24) is 5.32 Å². The summed E-state index contributed by atoms with van der Waals surface area (Å²) in [6.07, 6.45) is -5.65. The van der Waals surface area contributed by atoms with Gasteiger partial charge in [-0.2, -0.15) is 0 Å². The number of aliphatic hydroxyl groups excluding tert-OH is 5. The SMILES string of the molecule is CNC[C@H](O)C(O)C(O)[C@H](O)CO. The van der Waals surface area contributed by atoms with Crippen LogP contribution in [0, 0.1) is 0 Å². The van der Waals surface area contributed by atoms with Crippen LogP contribution < -0.4 is 5.32 Å². The molecule has 0 amide bonds. The van der Waals surface area contributed by atoms with E-state index in [9.17, 15) is 5.11 Å². The van der Waals surface area contributed by atoms with Gasteiger partial charge in [0, 0.05) is 6.54 Å². The molecule has 0 heterocycles. The Hall–Kier alpha value is -0.240. The molecule has 13 heavy (non-hydrogen) atoms. The smallest absolute Gasteiger partial charge is 0.111 e. The van der Waals surface area contributed by atoms with Crippen molar-refractivity contribution in [1.29, 1.82) is 0 Å². The fourth-order valence-corrected chi connectivity index (χ4v) is 0.893. The van der Waals surface area contributed by atoms with Gasteiger partial charge in [-0.1, -0.05) is 0 Å². The first-order chi connectivity index (χ1) is 6.04. The molecular weight excluding hydrogens is 178 g/mol. The molecule has 4 atom stereocenters. The zero-order valence-corrected chi connectivity index (χ0v) is 7.46. The van der Waals surface area contributed by atoms with Crippen LogP contribution in [0.5, 0.6) is 0 Å². The van der Waals surface area contributed by atoms with Crippen LogP contribution in [0.25, 0.3) is 0 Å². The third-order valence-corrected chi connectivity index (χ3v) is 1.74. The van der Waals surface area contributed by atoms with Gasteiger partial charge in [0.25, 0.3) is 0 Å². The molecule has 6 N–H and O–H groups in total. The van der Waals surface area contributed by atoms with E-state index in [1.165, 1.54) is 0 Å². The fourth-order valence-electron chi connectivity index (χ4n) is 0.893. The normalized spacial score (nSPS) is 20.8. The van der Waals surface area contributed by atoms with Crippen LogP contribution >= 0.6 is 0 Å². The maximum Gasteiger partial charge on any atom is 0.111 e. The van der Waals surface area contributed by atoms with E-state index >= 15 is 0 Å². The second-order valence-corrected chi connectivity index (χ2v) is 2.86. The lowest BCUT2D eigenvalue weighted by atomic mass is 10.0. The van der Waals surface area contributed by atoms with Crippen LogP contribution in [0.4, 0.5) is 0 Å². The monoisotopic (exact) mass is 195 g/mol. The van der Waals surface area contributed by atoms with Gasteiger partial charge in [-0.25, -0.2) is 0 Å². The van der Waals surface area contributed by atoms with Crippen LogP contribution in [0.15, 0.2) is 0 Å². The van der Waals surface area contributed by atoms with Crippen LogP contribution in [-0.2, 0) is 0 Å². The highest BCUT2D eigenvalue weighted by molar-refractivity contribution is 4.81. The summed E-state index contributed by atoms with van der Waals surface area (Å²) >= 11 is 0. The van der Waals surface area contributed by atoms with Gasteiger partial charge in [-0.15, -0.1) is 0 Å². The van der Waals surface area contributed by atoms with E-state index in [-0.39, 0.29) is 6.54 Å². The molecule has 0 aromatic carbocycles. The summed E-state index contributed by atoms with van der Waals surface area (Å²) in [5, 5.41) is 47.5. The number of hydrogen-bond acceptors (Lipinski definition) is 6. The fraction of sp³-hybridized carbons (Fsp3) is 1.00. The van der Waals surface area contributed by atoms with Gasteiger partial charge >= 0.3 is 0 Å². The first kappa shape index (κ1) is 12.8. The molecule has 6 heteroatoms. The number of hydrogen-bond donors (Lipinski definition) is 6. The van der Waals surface area contributed by atoms with Crippen molar-refractivity contribution < 1.29 is 25.5 Å². The Kier molecular flexibility index (Phi) is 6.13. The van der Waals surface area contributed by atoms with Gasteiger partial charge in [0.2, 0.25) is 0 Å². The Morgan fingerprint density at radius 3 is 1.85 bits per heavy atom. The molecule has 0 aliphatic heterocycles. The Morgan fingerprint density at radius 2 is 1.46 bits per heavy atom. The Balaban J connectivity index is 3.99. The number of nitrogens with one attached hydrogen (secondary N) is 1. The minimum atomic E-state index is -1.55. The summed E-state index contributed by atoms with van der Waals surface area (Å²) in [4.78, 5) is 0. The van der Waals surface area contributed by atoms with Crippen molar-refractivity contribution in [2.75, 3.05) is 20.2 Å². The summed E-state index contributed by atoms with van der Waals surface area (Å²) in [5.41, 5.74) is 0. The molecule has 0 saturated heterocycles. The van der Waals surface area contributed by atoms with Crippen LogP contribution in [0.1, 0.15) is 0 Å². The Bertz CT molecular complexity index is 134.